The maximum absolute atomic E-state index is 13.3. The number of rotatable bonds is 9. The van der Waals surface area contributed by atoms with Crippen LogP contribution in [-0.4, -0.2) is 90.4 Å². The molecule has 1 aromatic carbocycles. The second-order valence-electron chi connectivity index (χ2n) is 7.63. The van der Waals surface area contributed by atoms with Crippen LogP contribution in [0.1, 0.15) is 24.8 Å². The average Bonchev–Trinajstić information content (AvgIpc) is 2.80. The summed E-state index contributed by atoms with van der Waals surface area (Å²) in [5, 5.41) is 0. The van der Waals surface area contributed by atoms with Crippen LogP contribution < -0.4 is 9.47 Å². The van der Waals surface area contributed by atoms with E-state index in [4.69, 9.17) is 18.9 Å². The molecule has 31 heavy (non-hydrogen) atoms. The Morgan fingerprint density at radius 2 is 1.65 bits per heavy atom. The number of benzene rings is 1. The third-order valence-electron chi connectivity index (χ3n) is 5.61. The van der Waals surface area contributed by atoms with Gasteiger partial charge in [0.05, 0.1) is 38.7 Å². The van der Waals surface area contributed by atoms with Crippen molar-refractivity contribution in [2.75, 3.05) is 66.8 Å². The van der Waals surface area contributed by atoms with Crippen molar-refractivity contribution >= 4 is 16.0 Å². The molecule has 2 heterocycles. The molecule has 0 spiro atoms. The van der Waals surface area contributed by atoms with Crippen molar-refractivity contribution in [3.63, 3.8) is 0 Å². The summed E-state index contributed by atoms with van der Waals surface area (Å²) in [7, 11) is -0.923. The minimum absolute atomic E-state index is 0.0278. The van der Waals surface area contributed by atoms with E-state index in [9.17, 15) is 13.2 Å². The Hall–Kier alpha value is -1.88. The van der Waals surface area contributed by atoms with Crippen molar-refractivity contribution in [2.45, 2.75) is 30.6 Å². The van der Waals surface area contributed by atoms with Gasteiger partial charge < -0.3 is 18.9 Å². The third kappa shape index (κ3) is 6.09. The number of carbonyl (C=O) groups is 1. The Bertz CT molecular complexity index is 848. The number of carbonyl (C=O) groups excluding carboxylic acids is 1. The summed E-state index contributed by atoms with van der Waals surface area (Å²) in [6.45, 7) is 4.21. The number of piperidine rings is 1. The molecule has 1 aromatic rings. The van der Waals surface area contributed by atoms with Crippen LogP contribution in [-0.2, 0) is 30.7 Å². The van der Waals surface area contributed by atoms with Crippen LogP contribution in [0.3, 0.4) is 0 Å². The molecule has 0 amide bonds. The highest BCUT2D eigenvalue weighted by Crippen LogP contribution is 2.34. The van der Waals surface area contributed by atoms with Crippen LogP contribution in [0.2, 0.25) is 0 Å². The summed E-state index contributed by atoms with van der Waals surface area (Å²) in [5.41, 5.74) is 0.326. The highest BCUT2D eigenvalue weighted by Gasteiger charge is 2.31. The molecule has 0 radical (unpaired) electrons. The van der Waals surface area contributed by atoms with Crippen molar-refractivity contribution in [1.29, 1.82) is 0 Å². The highest BCUT2D eigenvalue weighted by atomic mass is 32.2. The van der Waals surface area contributed by atoms with Gasteiger partial charge in [-0.25, -0.2) is 8.42 Å². The molecule has 10 heteroatoms. The molecule has 3 rings (SSSR count). The van der Waals surface area contributed by atoms with Gasteiger partial charge in [-0.15, -0.1) is 0 Å². The number of methoxy groups -OCH3 is 2. The fourth-order valence-electron chi connectivity index (χ4n) is 3.88. The van der Waals surface area contributed by atoms with Crippen LogP contribution in [0.5, 0.6) is 11.5 Å². The number of ether oxygens (including phenoxy) is 4. The van der Waals surface area contributed by atoms with Gasteiger partial charge in [0.25, 0.3) is 0 Å². The van der Waals surface area contributed by atoms with E-state index in [1.807, 2.05) is 0 Å². The van der Waals surface area contributed by atoms with Gasteiger partial charge in [-0.05, 0) is 37.6 Å². The van der Waals surface area contributed by atoms with Gasteiger partial charge in [0.2, 0.25) is 10.0 Å². The minimum atomic E-state index is -3.83. The van der Waals surface area contributed by atoms with E-state index in [-0.39, 0.29) is 36.8 Å². The van der Waals surface area contributed by atoms with E-state index in [2.05, 4.69) is 4.90 Å². The van der Waals surface area contributed by atoms with Crippen LogP contribution >= 0.6 is 0 Å². The fraction of sp³-hybridized carbons (Fsp3) is 0.667. The Morgan fingerprint density at radius 3 is 2.29 bits per heavy atom. The molecule has 0 aliphatic carbocycles. The van der Waals surface area contributed by atoms with E-state index in [1.54, 1.807) is 0 Å². The van der Waals surface area contributed by atoms with Gasteiger partial charge in [-0.2, -0.15) is 4.31 Å². The lowest BCUT2D eigenvalue weighted by atomic mass is 10.1. The zero-order valence-corrected chi connectivity index (χ0v) is 19.1. The topological polar surface area (TPSA) is 94.6 Å². The number of hydrogen-bond acceptors (Lipinski definition) is 8. The van der Waals surface area contributed by atoms with Crippen molar-refractivity contribution in [3.05, 3.63) is 17.7 Å². The number of morpholine rings is 1. The number of likely N-dealkylation sites (tertiary alicyclic amines) is 1. The standard InChI is InChI=1S/C21H32N2O7S/c1-27-18-14-17(15-21(24)30-13-8-22-6-4-3-5-7-22)20(16-19(18)28-2)31(25,26)23-9-11-29-12-10-23/h14,16H,3-13,15H2,1-2H3. The van der Waals surface area contributed by atoms with Gasteiger partial charge in [-0.3, -0.25) is 9.69 Å². The van der Waals surface area contributed by atoms with Gasteiger partial charge in [0.15, 0.2) is 11.5 Å². The lowest BCUT2D eigenvalue weighted by Crippen LogP contribution is -2.41. The fourth-order valence-corrected chi connectivity index (χ4v) is 5.51. The van der Waals surface area contributed by atoms with Crippen LogP contribution in [0.25, 0.3) is 0 Å². The monoisotopic (exact) mass is 456 g/mol. The molecule has 0 aromatic heterocycles. The van der Waals surface area contributed by atoms with Gasteiger partial charge in [0.1, 0.15) is 6.61 Å². The third-order valence-corrected chi connectivity index (χ3v) is 7.59. The van der Waals surface area contributed by atoms with Crippen LogP contribution in [0, 0.1) is 0 Å². The summed E-state index contributed by atoms with van der Waals surface area (Å²) in [6, 6.07) is 2.96. The average molecular weight is 457 g/mol. The Kier molecular flexibility index (Phi) is 8.53. The summed E-state index contributed by atoms with van der Waals surface area (Å²) in [4.78, 5) is 14.8. The predicted molar refractivity (Wildman–Crippen MR) is 114 cm³/mol. The molecule has 0 bridgehead atoms. The smallest absolute Gasteiger partial charge is 0.310 e. The molecule has 0 saturated carbocycles. The first-order valence-corrected chi connectivity index (χ1v) is 12.1. The van der Waals surface area contributed by atoms with Crippen molar-refractivity contribution in [1.82, 2.24) is 9.21 Å². The summed E-state index contributed by atoms with van der Waals surface area (Å²) in [5.74, 6) is 0.179. The molecule has 174 valence electrons. The van der Waals surface area contributed by atoms with Crippen LogP contribution in [0.15, 0.2) is 17.0 Å². The Labute approximate surface area is 184 Å². The highest BCUT2D eigenvalue weighted by molar-refractivity contribution is 7.89. The van der Waals surface area contributed by atoms with E-state index in [0.29, 0.717) is 31.1 Å². The summed E-state index contributed by atoms with van der Waals surface area (Å²) < 4.78 is 49.3. The van der Waals surface area contributed by atoms with E-state index in [1.165, 1.54) is 49.9 Å². The number of hydrogen-bond donors (Lipinski definition) is 0. The molecular weight excluding hydrogens is 424 g/mol. The van der Waals surface area contributed by atoms with Gasteiger partial charge >= 0.3 is 5.97 Å². The lowest BCUT2D eigenvalue weighted by molar-refractivity contribution is -0.143. The predicted octanol–water partition coefficient (Wildman–Crippen LogP) is 1.30. The quantitative estimate of drug-likeness (QED) is 0.513. The van der Waals surface area contributed by atoms with Crippen molar-refractivity contribution in [3.8, 4) is 11.5 Å². The number of sulfonamides is 1. The zero-order valence-electron chi connectivity index (χ0n) is 18.3. The van der Waals surface area contributed by atoms with Gasteiger partial charge in [-0.1, -0.05) is 6.42 Å². The molecule has 0 atom stereocenters. The zero-order chi connectivity index (χ0) is 22.3. The number of nitrogens with zero attached hydrogens (tertiary/aromatic N) is 2. The second kappa shape index (κ2) is 11.1. The molecule has 2 aliphatic heterocycles. The Balaban J connectivity index is 1.76. The van der Waals surface area contributed by atoms with E-state index < -0.39 is 16.0 Å². The van der Waals surface area contributed by atoms with Crippen molar-refractivity contribution in [2.24, 2.45) is 0 Å². The van der Waals surface area contributed by atoms with E-state index in [0.717, 1.165) is 13.1 Å². The molecular formula is C21H32N2O7S. The normalized spacial score (nSPS) is 18.5. The first kappa shape index (κ1) is 23.8. The molecule has 2 saturated heterocycles. The lowest BCUT2D eigenvalue weighted by Gasteiger charge is -2.27. The largest absolute Gasteiger partial charge is 0.493 e. The maximum atomic E-state index is 13.3. The first-order chi connectivity index (χ1) is 15.0. The van der Waals surface area contributed by atoms with Crippen molar-refractivity contribution < 1.29 is 32.2 Å². The Morgan fingerprint density at radius 1 is 1.00 bits per heavy atom. The summed E-state index contributed by atoms with van der Waals surface area (Å²) in [6.07, 6.45) is 3.42. The van der Waals surface area contributed by atoms with E-state index >= 15 is 0 Å². The molecule has 0 unspecified atom stereocenters. The van der Waals surface area contributed by atoms with Crippen LogP contribution in [0.4, 0.5) is 0 Å². The number of esters is 1. The minimum Gasteiger partial charge on any atom is -0.493 e. The SMILES string of the molecule is COc1cc(CC(=O)OCCN2CCCCC2)c(S(=O)(=O)N2CCOCC2)cc1OC. The first-order valence-electron chi connectivity index (χ1n) is 10.7. The second-order valence-corrected chi connectivity index (χ2v) is 9.54. The summed E-state index contributed by atoms with van der Waals surface area (Å²) >= 11 is 0. The maximum Gasteiger partial charge on any atom is 0.310 e. The molecule has 2 fully saturated rings. The molecule has 0 N–H and O–H groups in total. The molecule has 2 aliphatic rings. The molecule has 9 nitrogen and oxygen atoms in total. The van der Waals surface area contributed by atoms with Gasteiger partial charge in [0, 0.05) is 25.7 Å².